The lowest BCUT2D eigenvalue weighted by Gasteiger charge is -2.32. The smallest absolute Gasteiger partial charge is 0.139 e. The summed E-state index contributed by atoms with van der Waals surface area (Å²) < 4.78 is 13.2. The van der Waals surface area contributed by atoms with Crippen LogP contribution in [0, 0.1) is 5.92 Å². The van der Waals surface area contributed by atoms with Crippen molar-refractivity contribution in [2.24, 2.45) is 5.92 Å². The van der Waals surface area contributed by atoms with E-state index < -0.39 is 0 Å². The first kappa shape index (κ1) is 37.7. The Balaban J connectivity index is 0.870. The summed E-state index contributed by atoms with van der Waals surface area (Å²) in [7, 11) is 0. The first-order valence-electron chi connectivity index (χ1n) is 23.3. The summed E-state index contributed by atoms with van der Waals surface area (Å²) in [6.07, 6.45) is 15.2. The molecule has 0 fully saturated rings. The molecule has 0 N–H and O–H groups in total. The van der Waals surface area contributed by atoms with Crippen molar-refractivity contribution >= 4 is 56.2 Å². The molecule has 5 aliphatic rings. The van der Waals surface area contributed by atoms with E-state index in [9.17, 15) is 0 Å². The second kappa shape index (κ2) is 13.6. The molecule has 5 aliphatic carbocycles. The normalized spacial score (nSPS) is 20.7. The zero-order valence-electron chi connectivity index (χ0n) is 37.2. The molecule has 2 heterocycles. The van der Waals surface area contributed by atoms with Crippen molar-refractivity contribution in [2.75, 3.05) is 4.90 Å². The van der Waals surface area contributed by atoms with Gasteiger partial charge in [0.15, 0.2) is 0 Å². The van der Waals surface area contributed by atoms with Gasteiger partial charge in [0.1, 0.15) is 22.3 Å². The molecule has 64 heavy (non-hydrogen) atoms. The maximum Gasteiger partial charge on any atom is 0.139 e. The van der Waals surface area contributed by atoms with Crippen molar-refractivity contribution in [1.29, 1.82) is 0 Å². The predicted octanol–water partition coefficient (Wildman–Crippen LogP) is 14.8. The number of fused-ring (bicyclic) bond motifs is 12. The highest BCUT2D eigenvalue weighted by molar-refractivity contribution is 5.93. The number of rotatable bonds is 5. The van der Waals surface area contributed by atoms with Crippen molar-refractivity contribution in [3.63, 3.8) is 0 Å². The number of anilines is 3. The van der Waals surface area contributed by atoms with Crippen LogP contribution >= 0.6 is 0 Å². The average molecular weight is 830 g/mol. The molecule has 13 rings (SSSR count). The fourth-order valence-corrected chi connectivity index (χ4v) is 12.4. The second-order valence-electron chi connectivity index (χ2n) is 20.0. The van der Waals surface area contributed by atoms with Gasteiger partial charge in [-0.2, -0.15) is 0 Å². The first-order valence-corrected chi connectivity index (χ1v) is 23.3. The van der Waals surface area contributed by atoms with E-state index in [-0.39, 0.29) is 10.8 Å². The van der Waals surface area contributed by atoms with Gasteiger partial charge in [-0.15, -0.1) is 0 Å². The third-order valence-corrected chi connectivity index (χ3v) is 15.7. The summed E-state index contributed by atoms with van der Waals surface area (Å²) in [4.78, 5) is 2.47. The Morgan fingerprint density at radius 2 is 1.33 bits per heavy atom. The number of para-hydroxylation sites is 3. The SMILES string of the molecule is CC1CC=C(C2=CC3C(C=C2)c2ccc(N(c4ccccc4)c4ccc5c(c4)C(C)(C)c4cc(C6=c7oc8ccccc8c7=CCC6)ccc4-5)cc2C3(C)C)c2oc3ccccc3c21. The fourth-order valence-electron chi connectivity index (χ4n) is 12.4. The van der Waals surface area contributed by atoms with Gasteiger partial charge in [0.05, 0.1) is 0 Å². The third-order valence-electron chi connectivity index (χ3n) is 15.7. The maximum absolute atomic E-state index is 6.63. The predicted molar refractivity (Wildman–Crippen MR) is 264 cm³/mol. The van der Waals surface area contributed by atoms with Crippen LogP contribution in [-0.4, -0.2) is 0 Å². The van der Waals surface area contributed by atoms with Gasteiger partial charge in [-0.25, -0.2) is 0 Å². The molecule has 312 valence electrons. The van der Waals surface area contributed by atoms with Crippen molar-refractivity contribution in [3.8, 4) is 11.1 Å². The molecule has 0 bridgehead atoms. The van der Waals surface area contributed by atoms with Crippen LogP contribution in [0.4, 0.5) is 17.1 Å². The van der Waals surface area contributed by atoms with Crippen LogP contribution in [0.2, 0.25) is 0 Å². The van der Waals surface area contributed by atoms with Gasteiger partial charge in [0.25, 0.3) is 0 Å². The monoisotopic (exact) mass is 829 g/mol. The molecule has 3 heteroatoms. The highest BCUT2D eigenvalue weighted by Crippen LogP contribution is 2.57. The second-order valence-corrected chi connectivity index (χ2v) is 20.0. The van der Waals surface area contributed by atoms with Crippen LogP contribution in [0.1, 0.15) is 105 Å². The van der Waals surface area contributed by atoms with Gasteiger partial charge in [-0.1, -0.05) is 144 Å². The molecular weight excluding hydrogens is 779 g/mol. The summed E-state index contributed by atoms with van der Waals surface area (Å²) in [6, 6.07) is 49.5. The van der Waals surface area contributed by atoms with Gasteiger partial charge >= 0.3 is 0 Å². The van der Waals surface area contributed by atoms with Gasteiger partial charge in [0.2, 0.25) is 0 Å². The number of hydrogen-bond acceptors (Lipinski definition) is 3. The number of hydrogen-bond donors (Lipinski definition) is 0. The summed E-state index contributed by atoms with van der Waals surface area (Å²) in [5.74, 6) is 2.12. The Labute approximate surface area is 375 Å². The van der Waals surface area contributed by atoms with Gasteiger partial charge in [-0.3, -0.25) is 0 Å². The molecule has 6 aromatic carbocycles. The first-order chi connectivity index (χ1) is 31.1. The average Bonchev–Trinajstić information content (AvgIpc) is 4.03. The van der Waals surface area contributed by atoms with Crippen molar-refractivity contribution in [1.82, 2.24) is 0 Å². The maximum atomic E-state index is 6.63. The minimum Gasteiger partial charge on any atom is -0.456 e. The van der Waals surface area contributed by atoms with E-state index in [1.54, 1.807) is 0 Å². The number of allylic oxidation sites excluding steroid dienone is 6. The quantitative estimate of drug-likeness (QED) is 0.173. The molecule has 0 spiro atoms. The van der Waals surface area contributed by atoms with Gasteiger partial charge in [0, 0.05) is 61.1 Å². The molecule has 3 nitrogen and oxygen atoms in total. The summed E-state index contributed by atoms with van der Waals surface area (Å²) in [5, 5.41) is 3.70. The summed E-state index contributed by atoms with van der Waals surface area (Å²) in [6.45, 7) is 12.0. The Morgan fingerprint density at radius 3 is 2.14 bits per heavy atom. The van der Waals surface area contributed by atoms with Crippen molar-refractivity contribution < 1.29 is 8.83 Å². The van der Waals surface area contributed by atoms with Crippen LogP contribution in [0.25, 0.3) is 50.3 Å². The van der Waals surface area contributed by atoms with Crippen LogP contribution in [0.15, 0.2) is 172 Å². The van der Waals surface area contributed by atoms with E-state index in [2.05, 4.69) is 203 Å². The molecule has 3 unspecified atom stereocenters. The Kier molecular flexibility index (Phi) is 8.00. The summed E-state index contributed by atoms with van der Waals surface area (Å²) >= 11 is 0. The lowest BCUT2D eigenvalue weighted by molar-refractivity contribution is 0.393. The zero-order valence-corrected chi connectivity index (χ0v) is 37.2. The number of nitrogens with zero attached hydrogens (tertiary/aromatic N) is 1. The standard InChI is InChI=1S/C61H51NO2/c1-36-22-27-43(59-57(36)50-17-10-12-21-56(50)64-59)38-24-29-45-47-31-26-41(35-54(47)61(4,5)52(45)33-38)62(39-14-7-6-8-15-39)40-25-30-46-44-28-23-37(32-51(44)60(2,3)53(46)34-40)42-18-13-19-49-48-16-9-11-20-55(48)63-58(42)49/h6-12,14-17,19-21,23-36,45,52H,13,18,22H2,1-5H3. The fraction of sp³-hybridized carbons (Fsp3) is 0.213. The highest BCUT2D eigenvalue weighted by atomic mass is 16.3. The van der Waals surface area contributed by atoms with E-state index in [1.807, 2.05) is 0 Å². The van der Waals surface area contributed by atoms with Crippen molar-refractivity contribution in [2.45, 2.75) is 76.5 Å². The Morgan fingerprint density at radius 1 is 0.641 bits per heavy atom. The lowest BCUT2D eigenvalue weighted by Crippen LogP contribution is -2.26. The molecule has 8 aromatic rings. The molecule has 0 amide bonds. The zero-order chi connectivity index (χ0) is 43.1. The number of furan rings is 2. The molecule has 0 saturated heterocycles. The minimum absolute atomic E-state index is 0.0929. The minimum atomic E-state index is -0.196. The van der Waals surface area contributed by atoms with Crippen LogP contribution in [0.3, 0.4) is 0 Å². The van der Waals surface area contributed by atoms with Gasteiger partial charge in [-0.05, 0) is 136 Å². The molecule has 2 aromatic heterocycles. The van der Waals surface area contributed by atoms with Crippen molar-refractivity contribution in [3.05, 3.63) is 213 Å². The topological polar surface area (TPSA) is 29.5 Å². The van der Waals surface area contributed by atoms with E-state index in [0.29, 0.717) is 17.8 Å². The van der Waals surface area contributed by atoms with E-state index in [1.165, 1.54) is 88.6 Å². The van der Waals surface area contributed by atoms with Gasteiger partial charge < -0.3 is 13.7 Å². The summed E-state index contributed by atoms with van der Waals surface area (Å²) in [5.41, 5.74) is 20.9. The third kappa shape index (κ3) is 5.33. The van der Waals surface area contributed by atoms with Crippen LogP contribution in [-0.2, 0) is 10.8 Å². The van der Waals surface area contributed by atoms with E-state index in [0.717, 1.165) is 47.3 Å². The van der Waals surface area contributed by atoms with Crippen LogP contribution in [0.5, 0.6) is 0 Å². The molecule has 0 saturated carbocycles. The lowest BCUT2D eigenvalue weighted by atomic mass is 9.72. The van der Waals surface area contributed by atoms with E-state index >= 15 is 0 Å². The van der Waals surface area contributed by atoms with Crippen LogP contribution < -0.4 is 15.5 Å². The Hall–Kier alpha value is -6.84. The van der Waals surface area contributed by atoms with E-state index in [4.69, 9.17) is 8.83 Å². The molecular formula is C61H51NO2. The largest absolute Gasteiger partial charge is 0.456 e. The number of benzene rings is 6. The molecule has 0 radical (unpaired) electrons. The molecule has 0 aliphatic heterocycles. The Bertz CT molecular complexity index is 3510. The molecule has 3 atom stereocenters. The highest BCUT2D eigenvalue weighted by Gasteiger charge is 2.46.